The first-order valence-corrected chi connectivity index (χ1v) is 8.90. The van der Waals surface area contributed by atoms with E-state index in [-0.39, 0.29) is 10.9 Å². The van der Waals surface area contributed by atoms with E-state index < -0.39 is 10.0 Å². The van der Waals surface area contributed by atoms with Gasteiger partial charge >= 0.3 is 0 Å². The van der Waals surface area contributed by atoms with Crippen molar-refractivity contribution >= 4 is 21.1 Å². The third-order valence-electron chi connectivity index (χ3n) is 4.29. The Morgan fingerprint density at radius 1 is 1.41 bits per heavy atom. The fraction of sp³-hybridized carbons (Fsp3) is 0.571. The van der Waals surface area contributed by atoms with Gasteiger partial charge in [-0.05, 0) is 25.8 Å². The predicted octanol–water partition coefficient (Wildman–Crippen LogP) is 0.779. The van der Waals surface area contributed by atoms with Gasteiger partial charge in [-0.15, -0.1) is 0 Å². The third kappa shape index (κ3) is 2.41. The molecule has 7 nitrogen and oxygen atoms in total. The van der Waals surface area contributed by atoms with Crippen LogP contribution in [-0.4, -0.2) is 46.6 Å². The van der Waals surface area contributed by atoms with Crippen LogP contribution in [0.3, 0.4) is 0 Å². The summed E-state index contributed by atoms with van der Waals surface area (Å²) in [4.78, 5) is 4.50. The van der Waals surface area contributed by atoms with Gasteiger partial charge in [-0.2, -0.15) is 9.40 Å². The van der Waals surface area contributed by atoms with E-state index >= 15 is 0 Å². The molecule has 0 aromatic carbocycles. The molecule has 1 atom stereocenters. The molecule has 1 aliphatic heterocycles. The number of aromatic nitrogens is 3. The molecular formula is C14H21N5O2S. The van der Waals surface area contributed by atoms with Crippen molar-refractivity contribution in [1.29, 1.82) is 0 Å². The molecule has 0 saturated carbocycles. The van der Waals surface area contributed by atoms with E-state index in [2.05, 4.69) is 10.1 Å². The van der Waals surface area contributed by atoms with Crippen LogP contribution in [0.25, 0.3) is 11.0 Å². The first-order chi connectivity index (χ1) is 10.4. The molecule has 120 valence electrons. The summed E-state index contributed by atoms with van der Waals surface area (Å²) in [6.45, 7) is 2.72. The molecule has 8 heteroatoms. The summed E-state index contributed by atoms with van der Waals surface area (Å²) in [5.41, 5.74) is 7.21. The summed E-state index contributed by atoms with van der Waals surface area (Å²) in [5, 5.41) is 5.05. The lowest BCUT2D eigenvalue weighted by molar-refractivity contribution is 0.257. The summed E-state index contributed by atoms with van der Waals surface area (Å²) >= 11 is 0. The normalized spacial score (nSPS) is 20.6. The van der Waals surface area contributed by atoms with Gasteiger partial charge in [-0.25, -0.2) is 13.4 Å². The van der Waals surface area contributed by atoms with E-state index in [1.54, 1.807) is 17.8 Å². The average Bonchev–Trinajstić information content (AvgIpc) is 2.81. The molecule has 1 aliphatic rings. The molecule has 22 heavy (non-hydrogen) atoms. The van der Waals surface area contributed by atoms with E-state index in [1.807, 2.05) is 6.92 Å². The van der Waals surface area contributed by atoms with E-state index in [0.717, 1.165) is 30.3 Å². The number of nitrogens with two attached hydrogens (primary N) is 1. The molecule has 3 heterocycles. The van der Waals surface area contributed by atoms with Crippen LogP contribution in [-0.2, 0) is 17.1 Å². The number of fused-ring (bicyclic) bond motifs is 1. The van der Waals surface area contributed by atoms with Crippen LogP contribution in [0.15, 0.2) is 17.2 Å². The van der Waals surface area contributed by atoms with E-state index in [4.69, 9.17) is 5.73 Å². The lowest BCUT2D eigenvalue weighted by atomic mass is 10.1. The number of hydrogen-bond acceptors (Lipinski definition) is 5. The SMILES string of the molecule is Cc1nn(C)c2ncc(S(=O)(=O)N3CCCCC3CN)cc12. The zero-order valence-electron chi connectivity index (χ0n) is 12.9. The Morgan fingerprint density at radius 3 is 2.91 bits per heavy atom. The minimum absolute atomic E-state index is 0.121. The largest absolute Gasteiger partial charge is 0.329 e. The highest BCUT2D eigenvalue weighted by Gasteiger charge is 2.33. The molecule has 1 unspecified atom stereocenters. The number of hydrogen-bond donors (Lipinski definition) is 1. The third-order valence-corrected chi connectivity index (χ3v) is 6.21. The highest BCUT2D eigenvalue weighted by atomic mass is 32.2. The van der Waals surface area contributed by atoms with E-state index in [0.29, 0.717) is 18.7 Å². The van der Waals surface area contributed by atoms with Gasteiger partial charge in [0.2, 0.25) is 10.0 Å². The Labute approximate surface area is 130 Å². The van der Waals surface area contributed by atoms with Gasteiger partial charge in [0, 0.05) is 37.8 Å². The number of piperidine rings is 1. The quantitative estimate of drug-likeness (QED) is 0.901. The molecule has 0 aliphatic carbocycles. The van der Waals surface area contributed by atoms with Gasteiger partial charge in [-0.3, -0.25) is 4.68 Å². The Bertz CT molecular complexity index is 799. The van der Waals surface area contributed by atoms with Crippen molar-refractivity contribution in [1.82, 2.24) is 19.1 Å². The summed E-state index contributed by atoms with van der Waals surface area (Å²) in [7, 11) is -1.77. The van der Waals surface area contributed by atoms with Crippen LogP contribution < -0.4 is 5.73 Å². The topological polar surface area (TPSA) is 94.1 Å². The van der Waals surface area contributed by atoms with Gasteiger partial charge in [0.1, 0.15) is 4.90 Å². The van der Waals surface area contributed by atoms with Crippen LogP contribution in [0.1, 0.15) is 25.0 Å². The van der Waals surface area contributed by atoms with Crippen LogP contribution in [0.4, 0.5) is 0 Å². The molecule has 2 N–H and O–H groups in total. The van der Waals surface area contributed by atoms with Crippen LogP contribution in [0, 0.1) is 6.92 Å². The monoisotopic (exact) mass is 323 g/mol. The minimum atomic E-state index is -3.57. The fourth-order valence-corrected chi connectivity index (χ4v) is 4.77. The molecule has 0 bridgehead atoms. The predicted molar refractivity (Wildman–Crippen MR) is 83.8 cm³/mol. The van der Waals surface area contributed by atoms with Crippen LogP contribution in [0.2, 0.25) is 0 Å². The lowest BCUT2D eigenvalue weighted by Gasteiger charge is -2.33. The van der Waals surface area contributed by atoms with Crippen molar-refractivity contribution in [3.05, 3.63) is 18.0 Å². The second-order valence-electron chi connectivity index (χ2n) is 5.75. The van der Waals surface area contributed by atoms with Crippen LogP contribution >= 0.6 is 0 Å². The summed E-state index contributed by atoms with van der Waals surface area (Å²) in [5.74, 6) is 0. The van der Waals surface area contributed by atoms with Crippen molar-refractivity contribution in [3.63, 3.8) is 0 Å². The molecule has 2 aromatic heterocycles. The molecule has 1 saturated heterocycles. The maximum Gasteiger partial charge on any atom is 0.244 e. The molecular weight excluding hydrogens is 302 g/mol. The lowest BCUT2D eigenvalue weighted by Crippen LogP contribution is -2.47. The average molecular weight is 323 g/mol. The van der Waals surface area contributed by atoms with Crippen molar-refractivity contribution in [2.45, 2.75) is 37.1 Å². The zero-order chi connectivity index (χ0) is 15.9. The maximum atomic E-state index is 12.9. The number of pyridine rings is 1. The standard InChI is InChI=1S/C14H21N5O2S/c1-10-13-7-12(9-16-14(13)18(2)17-10)22(20,21)19-6-4-3-5-11(19)8-15/h7,9,11H,3-6,8,15H2,1-2H3. The molecule has 0 radical (unpaired) electrons. The maximum absolute atomic E-state index is 12.9. The minimum Gasteiger partial charge on any atom is -0.329 e. The van der Waals surface area contributed by atoms with Gasteiger partial charge < -0.3 is 5.73 Å². The van der Waals surface area contributed by atoms with Crippen molar-refractivity contribution in [2.24, 2.45) is 12.8 Å². The van der Waals surface area contributed by atoms with Crippen molar-refractivity contribution in [2.75, 3.05) is 13.1 Å². The van der Waals surface area contributed by atoms with Crippen LogP contribution in [0.5, 0.6) is 0 Å². The Kier molecular flexibility index (Phi) is 3.92. The number of aryl methyl sites for hydroxylation is 2. The van der Waals surface area contributed by atoms with Gasteiger partial charge in [-0.1, -0.05) is 6.42 Å². The van der Waals surface area contributed by atoms with E-state index in [9.17, 15) is 8.42 Å². The Hall–Kier alpha value is -1.51. The second kappa shape index (κ2) is 5.60. The van der Waals surface area contributed by atoms with E-state index in [1.165, 1.54) is 10.5 Å². The second-order valence-corrected chi connectivity index (χ2v) is 7.64. The van der Waals surface area contributed by atoms with Gasteiger partial charge in [0.25, 0.3) is 0 Å². The Balaban J connectivity index is 2.06. The number of sulfonamides is 1. The van der Waals surface area contributed by atoms with Gasteiger partial charge in [0.15, 0.2) is 5.65 Å². The molecule has 2 aromatic rings. The molecule has 3 rings (SSSR count). The van der Waals surface area contributed by atoms with Crippen molar-refractivity contribution in [3.8, 4) is 0 Å². The molecule has 1 fully saturated rings. The number of nitrogens with zero attached hydrogens (tertiary/aromatic N) is 4. The molecule has 0 amide bonds. The highest BCUT2D eigenvalue weighted by Crippen LogP contribution is 2.26. The molecule has 0 spiro atoms. The Morgan fingerprint density at radius 2 is 2.18 bits per heavy atom. The fourth-order valence-electron chi connectivity index (χ4n) is 3.09. The summed E-state index contributed by atoms with van der Waals surface area (Å²) in [6.07, 6.45) is 4.13. The number of rotatable bonds is 3. The smallest absolute Gasteiger partial charge is 0.244 e. The van der Waals surface area contributed by atoms with Gasteiger partial charge in [0.05, 0.1) is 5.69 Å². The summed E-state index contributed by atoms with van der Waals surface area (Å²) < 4.78 is 29.0. The summed E-state index contributed by atoms with van der Waals surface area (Å²) in [6, 6.07) is 1.55. The van der Waals surface area contributed by atoms with Crippen molar-refractivity contribution < 1.29 is 8.42 Å². The zero-order valence-corrected chi connectivity index (χ0v) is 13.7. The first kappa shape index (κ1) is 15.4. The highest BCUT2D eigenvalue weighted by molar-refractivity contribution is 7.89. The first-order valence-electron chi connectivity index (χ1n) is 7.46.